The molecule has 7 heteroatoms. The lowest BCUT2D eigenvalue weighted by Gasteiger charge is -2.44. The third-order valence-electron chi connectivity index (χ3n) is 6.71. The number of furan rings is 1. The van der Waals surface area contributed by atoms with Crippen LogP contribution in [0, 0.1) is 5.82 Å². The monoisotopic (exact) mass is 435 g/mol. The minimum Gasteiger partial charge on any atom is -0.463 e. The minimum atomic E-state index is -1.11. The highest BCUT2D eigenvalue weighted by Gasteiger charge is 2.48. The van der Waals surface area contributed by atoms with Crippen LogP contribution in [0.3, 0.4) is 0 Å². The fraction of sp³-hybridized carbons (Fsp3) is 0.360. The zero-order valence-corrected chi connectivity index (χ0v) is 18.0. The Kier molecular flexibility index (Phi) is 5.12. The summed E-state index contributed by atoms with van der Waals surface area (Å²) < 4.78 is 20.9. The van der Waals surface area contributed by atoms with Crippen LogP contribution in [-0.2, 0) is 17.9 Å². The first-order valence-corrected chi connectivity index (χ1v) is 11.1. The highest BCUT2D eigenvalue weighted by atomic mass is 19.1. The number of hydrogen-bond acceptors (Lipinski definition) is 3. The number of rotatable bonds is 5. The SMILES string of the molecule is CC1(C(=O)NC2CCCC2)Cn2c(ccc2-c2ccco2)C(=O)N1Cc1ccc(F)cc1. The highest BCUT2D eigenvalue weighted by molar-refractivity contribution is 6.00. The van der Waals surface area contributed by atoms with Gasteiger partial charge < -0.3 is 19.2 Å². The van der Waals surface area contributed by atoms with Crippen molar-refractivity contribution in [3.05, 3.63) is 71.9 Å². The Morgan fingerprint density at radius 3 is 2.53 bits per heavy atom. The Balaban J connectivity index is 1.54. The third kappa shape index (κ3) is 3.51. The summed E-state index contributed by atoms with van der Waals surface area (Å²) in [6.07, 6.45) is 5.71. The van der Waals surface area contributed by atoms with E-state index in [1.54, 1.807) is 35.4 Å². The van der Waals surface area contributed by atoms with Crippen molar-refractivity contribution in [1.82, 2.24) is 14.8 Å². The molecule has 2 amide bonds. The fourth-order valence-electron chi connectivity index (χ4n) is 4.84. The smallest absolute Gasteiger partial charge is 0.271 e. The van der Waals surface area contributed by atoms with Crippen molar-refractivity contribution in [3.8, 4) is 11.5 Å². The number of hydrogen-bond donors (Lipinski definition) is 1. The van der Waals surface area contributed by atoms with Crippen LogP contribution in [0.2, 0.25) is 0 Å². The second kappa shape index (κ2) is 7.97. The van der Waals surface area contributed by atoms with Crippen LogP contribution in [0.25, 0.3) is 11.5 Å². The number of nitrogens with zero attached hydrogens (tertiary/aromatic N) is 2. The number of amides is 2. The Labute approximate surface area is 186 Å². The maximum atomic E-state index is 13.6. The molecule has 2 aliphatic rings. The molecule has 6 nitrogen and oxygen atoms in total. The van der Waals surface area contributed by atoms with Gasteiger partial charge in [0.05, 0.1) is 18.5 Å². The van der Waals surface area contributed by atoms with Gasteiger partial charge in [0.15, 0.2) is 0 Å². The van der Waals surface area contributed by atoms with Crippen LogP contribution in [-0.4, -0.2) is 32.9 Å². The van der Waals surface area contributed by atoms with E-state index in [9.17, 15) is 14.0 Å². The molecule has 166 valence electrons. The van der Waals surface area contributed by atoms with Gasteiger partial charge in [-0.05, 0) is 61.7 Å². The molecule has 1 aliphatic carbocycles. The lowest BCUT2D eigenvalue weighted by molar-refractivity contribution is -0.133. The summed E-state index contributed by atoms with van der Waals surface area (Å²) in [5.41, 5.74) is 0.928. The van der Waals surface area contributed by atoms with Crippen LogP contribution in [0.4, 0.5) is 4.39 Å². The lowest BCUT2D eigenvalue weighted by Crippen LogP contribution is -2.64. The summed E-state index contributed by atoms with van der Waals surface area (Å²) in [4.78, 5) is 28.9. The van der Waals surface area contributed by atoms with Crippen molar-refractivity contribution in [1.29, 1.82) is 0 Å². The number of benzene rings is 1. The van der Waals surface area contributed by atoms with Crippen molar-refractivity contribution in [2.24, 2.45) is 0 Å². The second-order valence-corrected chi connectivity index (χ2v) is 8.91. The highest BCUT2D eigenvalue weighted by Crippen LogP contribution is 2.34. The number of fused-ring (bicyclic) bond motifs is 1. The molecule has 1 fully saturated rings. The molecule has 0 bridgehead atoms. The van der Waals surface area contributed by atoms with E-state index < -0.39 is 5.54 Å². The van der Waals surface area contributed by atoms with Gasteiger partial charge in [-0.2, -0.15) is 0 Å². The number of aromatic nitrogens is 1. The van der Waals surface area contributed by atoms with Gasteiger partial charge in [0.2, 0.25) is 5.91 Å². The quantitative estimate of drug-likeness (QED) is 0.648. The topological polar surface area (TPSA) is 67.5 Å². The molecule has 1 aromatic carbocycles. The number of carbonyl (C=O) groups excluding carboxylic acids is 2. The molecule has 1 atom stereocenters. The van der Waals surface area contributed by atoms with Gasteiger partial charge in [-0.25, -0.2) is 4.39 Å². The first-order valence-electron chi connectivity index (χ1n) is 11.1. The van der Waals surface area contributed by atoms with Crippen LogP contribution in [0.5, 0.6) is 0 Å². The van der Waals surface area contributed by atoms with Gasteiger partial charge in [-0.15, -0.1) is 0 Å². The average Bonchev–Trinajstić information content (AvgIpc) is 3.54. The summed E-state index contributed by atoms with van der Waals surface area (Å²) in [5.74, 6) is -0.0842. The molecule has 3 aromatic rings. The van der Waals surface area contributed by atoms with Gasteiger partial charge in [0, 0.05) is 12.6 Å². The predicted molar refractivity (Wildman–Crippen MR) is 117 cm³/mol. The van der Waals surface area contributed by atoms with Gasteiger partial charge in [0.1, 0.15) is 22.8 Å². The summed E-state index contributed by atoms with van der Waals surface area (Å²) in [6, 6.07) is 13.4. The Hall–Kier alpha value is -3.35. The summed E-state index contributed by atoms with van der Waals surface area (Å²) in [6.45, 7) is 2.33. The summed E-state index contributed by atoms with van der Waals surface area (Å²) in [5, 5.41) is 3.18. The van der Waals surface area contributed by atoms with Crippen LogP contribution in [0.1, 0.15) is 48.7 Å². The first-order chi connectivity index (χ1) is 15.5. The molecule has 0 spiro atoms. The molecular formula is C25H26FN3O3. The van der Waals surface area contributed by atoms with Gasteiger partial charge >= 0.3 is 0 Å². The molecule has 5 rings (SSSR count). The number of nitrogens with one attached hydrogen (secondary N) is 1. The molecule has 1 N–H and O–H groups in total. The number of carbonyl (C=O) groups is 2. The van der Waals surface area contributed by atoms with Crippen molar-refractivity contribution in [2.45, 2.75) is 57.3 Å². The number of halogens is 1. The predicted octanol–water partition coefficient (Wildman–Crippen LogP) is 4.36. The van der Waals surface area contributed by atoms with Gasteiger partial charge in [-0.1, -0.05) is 25.0 Å². The van der Waals surface area contributed by atoms with E-state index >= 15 is 0 Å². The van der Waals surface area contributed by atoms with Crippen molar-refractivity contribution < 1.29 is 18.4 Å². The van der Waals surface area contributed by atoms with Crippen LogP contribution >= 0.6 is 0 Å². The molecule has 1 aliphatic heterocycles. The average molecular weight is 435 g/mol. The fourth-order valence-corrected chi connectivity index (χ4v) is 4.84. The van der Waals surface area contributed by atoms with E-state index in [0.717, 1.165) is 36.9 Å². The first kappa shape index (κ1) is 20.5. The maximum absolute atomic E-state index is 13.6. The van der Waals surface area contributed by atoms with Crippen molar-refractivity contribution in [3.63, 3.8) is 0 Å². The molecule has 1 saturated carbocycles. The van der Waals surface area contributed by atoms with Crippen molar-refractivity contribution >= 4 is 11.8 Å². The molecule has 0 saturated heterocycles. The molecule has 2 aromatic heterocycles. The van der Waals surface area contributed by atoms with E-state index in [1.807, 2.05) is 23.6 Å². The van der Waals surface area contributed by atoms with E-state index in [2.05, 4.69) is 5.32 Å². The largest absolute Gasteiger partial charge is 0.463 e. The standard InChI is InChI=1S/C25H26FN3O3/c1-25(24(31)27-19-5-2-3-6-19)16-28-20(22-7-4-14-32-22)12-13-21(28)23(30)29(25)15-17-8-10-18(26)11-9-17/h4,7-14,19H,2-3,5-6,15-16H2,1H3,(H,27,31). The Morgan fingerprint density at radius 2 is 1.84 bits per heavy atom. The summed E-state index contributed by atoms with van der Waals surface area (Å²) >= 11 is 0. The van der Waals surface area contributed by atoms with Crippen LogP contribution < -0.4 is 5.32 Å². The lowest BCUT2D eigenvalue weighted by atomic mass is 9.93. The normalized spacial score (nSPS) is 21.1. The van der Waals surface area contributed by atoms with E-state index in [-0.39, 0.29) is 30.2 Å². The molecular weight excluding hydrogens is 409 g/mol. The summed E-state index contributed by atoms with van der Waals surface area (Å²) in [7, 11) is 0. The minimum absolute atomic E-state index is 0.137. The van der Waals surface area contributed by atoms with E-state index in [1.165, 1.54) is 12.1 Å². The second-order valence-electron chi connectivity index (χ2n) is 8.91. The Morgan fingerprint density at radius 1 is 1.12 bits per heavy atom. The van der Waals surface area contributed by atoms with Gasteiger partial charge in [-0.3, -0.25) is 9.59 Å². The zero-order chi connectivity index (χ0) is 22.3. The molecule has 1 unspecified atom stereocenters. The third-order valence-corrected chi connectivity index (χ3v) is 6.71. The zero-order valence-electron chi connectivity index (χ0n) is 18.0. The molecule has 32 heavy (non-hydrogen) atoms. The van der Waals surface area contributed by atoms with Crippen LogP contribution in [0.15, 0.2) is 59.2 Å². The molecule has 3 heterocycles. The van der Waals surface area contributed by atoms with E-state index in [4.69, 9.17) is 4.42 Å². The Bertz CT molecular complexity index is 1130. The van der Waals surface area contributed by atoms with Gasteiger partial charge in [0.25, 0.3) is 5.91 Å². The maximum Gasteiger partial charge on any atom is 0.271 e. The molecule has 0 radical (unpaired) electrons. The van der Waals surface area contributed by atoms with E-state index in [0.29, 0.717) is 18.0 Å². The van der Waals surface area contributed by atoms with Crippen molar-refractivity contribution in [2.75, 3.05) is 0 Å².